The summed E-state index contributed by atoms with van der Waals surface area (Å²) in [5.41, 5.74) is 1.66. The minimum absolute atomic E-state index is 0.104. The van der Waals surface area contributed by atoms with Crippen molar-refractivity contribution >= 4 is 32.3 Å². The van der Waals surface area contributed by atoms with Crippen LogP contribution in [-0.2, 0) is 10.1 Å². The third kappa shape index (κ3) is 3.51. The van der Waals surface area contributed by atoms with Gasteiger partial charge in [-0.15, -0.1) is 10.2 Å². The molecule has 0 atom stereocenters. The maximum absolute atomic E-state index is 11.3. The number of phenols is 1. The molecule has 7 nitrogen and oxygen atoms in total. The van der Waals surface area contributed by atoms with Crippen molar-refractivity contribution in [3.63, 3.8) is 0 Å². The van der Waals surface area contributed by atoms with Crippen LogP contribution >= 0.6 is 0 Å². The smallest absolute Gasteiger partial charge is 0.294 e. The van der Waals surface area contributed by atoms with Crippen molar-refractivity contribution < 1.29 is 22.8 Å². The third-order valence-corrected chi connectivity index (χ3v) is 4.68. The lowest BCUT2D eigenvalue weighted by Gasteiger charge is -2.07. The van der Waals surface area contributed by atoms with Crippen molar-refractivity contribution in [2.75, 3.05) is 7.11 Å². The van der Waals surface area contributed by atoms with Crippen LogP contribution in [0.25, 0.3) is 10.8 Å². The van der Waals surface area contributed by atoms with Crippen LogP contribution in [0.1, 0.15) is 5.56 Å². The Labute approximate surface area is 150 Å². The summed E-state index contributed by atoms with van der Waals surface area (Å²) in [4.78, 5) is -0.237. The number of fused-ring (bicyclic) bond motifs is 1. The number of rotatable bonds is 4. The fourth-order valence-corrected chi connectivity index (χ4v) is 3.04. The normalized spacial score (nSPS) is 12.0. The Morgan fingerprint density at radius 2 is 1.77 bits per heavy atom. The maximum atomic E-state index is 11.3. The SMILES string of the molecule is COc1ccc(C)cc1/N=N/c1c(O)ccc2cc(S(=O)(=O)O)ccc12. The van der Waals surface area contributed by atoms with Crippen LogP contribution in [-0.4, -0.2) is 25.2 Å². The first-order chi connectivity index (χ1) is 12.3. The number of aryl methyl sites for hydroxylation is 1. The molecule has 2 N–H and O–H groups in total. The van der Waals surface area contributed by atoms with E-state index in [1.807, 2.05) is 13.0 Å². The molecule has 3 aromatic carbocycles. The highest BCUT2D eigenvalue weighted by Crippen LogP contribution is 2.38. The first-order valence-electron chi connectivity index (χ1n) is 7.59. The van der Waals surface area contributed by atoms with Gasteiger partial charge in [-0.1, -0.05) is 18.2 Å². The minimum Gasteiger partial charge on any atom is -0.506 e. The van der Waals surface area contributed by atoms with Gasteiger partial charge in [0.1, 0.15) is 22.9 Å². The van der Waals surface area contributed by atoms with Crippen LogP contribution in [0, 0.1) is 6.92 Å². The summed E-state index contributed by atoms with van der Waals surface area (Å²) in [6.45, 7) is 1.91. The van der Waals surface area contributed by atoms with Crippen molar-refractivity contribution in [1.29, 1.82) is 0 Å². The summed E-state index contributed by atoms with van der Waals surface area (Å²) < 4.78 is 37.0. The molecule has 0 heterocycles. The molecule has 0 unspecified atom stereocenters. The van der Waals surface area contributed by atoms with E-state index in [-0.39, 0.29) is 16.3 Å². The standard InChI is InChI=1S/C18H16N2O5S/c1-11-3-8-17(25-2)15(9-11)19-20-18-14-6-5-13(26(22,23)24)10-12(14)4-7-16(18)21/h3-10,21H,1-2H3,(H,22,23,24)/b20-19+. The molecule has 26 heavy (non-hydrogen) atoms. The van der Waals surface area contributed by atoms with Crippen LogP contribution < -0.4 is 4.74 Å². The van der Waals surface area contributed by atoms with Gasteiger partial charge in [0.05, 0.1) is 12.0 Å². The number of benzene rings is 3. The van der Waals surface area contributed by atoms with Gasteiger partial charge in [0.25, 0.3) is 10.1 Å². The van der Waals surface area contributed by atoms with E-state index in [4.69, 9.17) is 4.74 Å². The zero-order valence-corrected chi connectivity index (χ0v) is 14.9. The van der Waals surface area contributed by atoms with Crippen molar-refractivity contribution in [2.24, 2.45) is 10.2 Å². The summed E-state index contributed by atoms with van der Waals surface area (Å²) in [7, 11) is -2.80. The molecule has 3 rings (SSSR count). The molecule has 0 saturated heterocycles. The van der Waals surface area contributed by atoms with Gasteiger partial charge in [0.2, 0.25) is 0 Å². The Morgan fingerprint density at radius 3 is 2.46 bits per heavy atom. The number of methoxy groups -OCH3 is 1. The van der Waals surface area contributed by atoms with Crippen LogP contribution in [0.15, 0.2) is 63.7 Å². The molecule has 0 aliphatic carbocycles. The molecule has 0 radical (unpaired) electrons. The topological polar surface area (TPSA) is 109 Å². The second kappa shape index (κ2) is 6.74. The first-order valence-corrected chi connectivity index (χ1v) is 9.03. The van der Waals surface area contributed by atoms with Gasteiger partial charge in [-0.2, -0.15) is 8.42 Å². The molecule has 8 heteroatoms. The lowest BCUT2D eigenvalue weighted by Crippen LogP contribution is -1.97. The van der Waals surface area contributed by atoms with E-state index in [0.717, 1.165) is 5.56 Å². The Balaban J connectivity index is 2.13. The quantitative estimate of drug-likeness (QED) is 0.517. The highest BCUT2D eigenvalue weighted by atomic mass is 32.2. The van der Waals surface area contributed by atoms with E-state index in [2.05, 4.69) is 10.2 Å². The third-order valence-electron chi connectivity index (χ3n) is 3.83. The maximum Gasteiger partial charge on any atom is 0.294 e. The van der Waals surface area contributed by atoms with Crippen LogP contribution in [0.3, 0.4) is 0 Å². The number of hydrogen-bond acceptors (Lipinski definition) is 6. The van der Waals surface area contributed by atoms with E-state index < -0.39 is 10.1 Å². The molecule has 3 aromatic rings. The number of aromatic hydroxyl groups is 1. The van der Waals surface area contributed by atoms with Gasteiger partial charge < -0.3 is 9.84 Å². The number of azo groups is 1. The van der Waals surface area contributed by atoms with Crippen molar-refractivity contribution in [3.05, 3.63) is 54.1 Å². The number of hydrogen-bond donors (Lipinski definition) is 2. The van der Waals surface area contributed by atoms with Gasteiger partial charge in [0.15, 0.2) is 0 Å². The molecule has 134 valence electrons. The van der Waals surface area contributed by atoms with E-state index >= 15 is 0 Å². The molecule has 0 aromatic heterocycles. The summed E-state index contributed by atoms with van der Waals surface area (Å²) in [5, 5.41) is 19.4. The van der Waals surface area contributed by atoms with Gasteiger partial charge in [-0.3, -0.25) is 4.55 Å². The van der Waals surface area contributed by atoms with E-state index in [1.165, 1.54) is 37.4 Å². The molecular formula is C18H16N2O5S. The summed E-state index contributed by atoms with van der Waals surface area (Å²) in [6.07, 6.45) is 0. The fraction of sp³-hybridized carbons (Fsp3) is 0.111. The number of ether oxygens (including phenoxy) is 1. The molecule has 0 bridgehead atoms. The van der Waals surface area contributed by atoms with Crippen molar-refractivity contribution in [3.8, 4) is 11.5 Å². The largest absolute Gasteiger partial charge is 0.506 e. The summed E-state index contributed by atoms with van der Waals surface area (Å²) in [5.74, 6) is 0.431. The Hall–Kier alpha value is -2.97. The highest BCUT2D eigenvalue weighted by molar-refractivity contribution is 7.85. The molecule has 0 spiro atoms. The van der Waals surface area contributed by atoms with Gasteiger partial charge in [0, 0.05) is 5.39 Å². The average Bonchev–Trinajstić information content (AvgIpc) is 2.60. The minimum atomic E-state index is -4.32. The van der Waals surface area contributed by atoms with Gasteiger partial charge >= 0.3 is 0 Å². The van der Waals surface area contributed by atoms with Crippen molar-refractivity contribution in [2.45, 2.75) is 11.8 Å². The lowest BCUT2D eigenvalue weighted by atomic mass is 10.1. The van der Waals surface area contributed by atoms with Crippen LogP contribution in [0.2, 0.25) is 0 Å². The molecule has 0 saturated carbocycles. The molecular weight excluding hydrogens is 356 g/mol. The number of phenolic OH excluding ortho intramolecular Hbond substituents is 1. The average molecular weight is 372 g/mol. The second-order valence-corrected chi connectivity index (χ2v) is 7.09. The number of nitrogens with zero attached hydrogens (tertiary/aromatic N) is 2. The monoisotopic (exact) mass is 372 g/mol. The summed E-state index contributed by atoms with van der Waals surface area (Å²) >= 11 is 0. The predicted octanol–water partition coefficient (Wildman–Crippen LogP) is 4.52. The van der Waals surface area contributed by atoms with Gasteiger partial charge in [-0.25, -0.2) is 0 Å². The van der Waals surface area contributed by atoms with E-state index in [9.17, 15) is 18.1 Å². The molecule has 0 aliphatic heterocycles. The predicted molar refractivity (Wildman–Crippen MR) is 97.3 cm³/mol. The van der Waals surface area contributed by atoms with Crippen LogP contribution in [0.4, 0.5) is 11.4 Å². The zero-order chi connectivity index (χ0) is 18.9. The first kappa shape index (κ1) is 17.8. The lowest BCUT2D eigenvalue weighted by molar-refractivity contribution is 0.415. The zero-order valence-electron chi connectivity index (χ0n) is 14.0. The highest BCUT2D eigenvalue weighted by Gasteiger charge is 2.13. The van der Waals surface area contributed by atoms with Gasteiger partial charge in [-0.05, 0) is 48.2 Å². The van der Waals surface area contributed by atoms with Crippen LogP contribution in [0.5, 0.6) is 11.5 Å². The Kier molecular flexibility index (Phi) is 4.62. The molecule has 0 amide bonds. The fourth-order valence-electron chi connectivity index (χ4n) is 2.53. The summed E-state index contributed by atoms with van der Waals surface area (Å²) in [6, 6.07) is 12.4. The Morgan fingerprint density at radius 1 is 1.00 bits per heavy atom. The Bertz CT molecular complexity index is 1120. The van der Waals surface area contributed by atoms with E-state index in [0.29, 0.717) is 22.2 Å². The van der Waals surface area contributed by atoms with E-state index in [1.54, 1.807) is 12.1 Å². The molecule has 0 fully saturated rings. The molecule has 0 aliphatic rings. The van der Waals surface area contributed by atoms with Crippen molar-refractivity contribution in [1.82, 2.24) is 0 Å². The second-order valence-electron chi connectivity index (χ2n) is 5.67.